The molecule has 10 heteroatoms. The van der Waals surface area contributed by atoms with Crippen molar-refractivity contribution in [1.29, 1.82) is 0 Å². The standard InChI is InChI=1S/C84H138NO8P/c1-6-8-10-12-14-16-18-20-22-24-26-28-30-32-34-36-38-40-41-42-43-45-47-49-51-53-55-57-59-61-63-65-67-69-71-73-75-77-84(87)93-82(81-92-94(88,89)91-79-78-85(3,4)5)80-90-83(86)76-74-72-70-68-66-64-62-60-58-56-54-52-50-48-46-44-39-37-35-33-31-29-27-25-23-21-19-17-15-13-11-9-7-2/h8-11,14-17,20-23,26-29,32-35,38,40,42-43,47,49,53,55,59,61,82H,6-7,12-13,18-19,24-25,30-31,36-37,39,41,44-46,48,50-52,54,56-58,60,62-81H2,1-5H3/b10-8-,11-9-,16-14-,17-15-,22-20-,23-21-,28-26-,29-27-,34-32-,35-33-,40-38-,43-42-,49-47-,55-53-,61-59-. The number of unbranched alkanes of at least 4 members (excludes halogenated alkanes) is 23. The molecule has 2 unspecified atom stereocenters. The Morgan fingerprint density at radius 2 is 0.574 bits per heavy atom. The zero-order valence-corrected chi connectivity index (χ0v) is 61.5. The van der Waals surface area contributed by atoms with Crippen LogP contribution in [0.25, 0.3) is 0 Å². The molecule has 0 heterocycles. The van der Waals surface area contributed by atoms with Crippen LogP contribution in [0.5, 0.6) is 0 Å². The largest absolute Gasteiger partial charge is 0.756 e. The van der Waals surface area contributed by atoms with E-state index in [1.807, 2.05) is 21.1 Å². The molecule has 0 radical (unpaired) electrons. The van der Waals surface area contributed by atoms with E-state index in [0.717, 1.165) is 154 Å². The summed E-state index contributed by atoms with van der Waals surface area (Å²) in [7, 11) is 1.14. The molecule has 2 atom stereocenters. The lowest BCUT2D eigenvalue weighted by atomic mass is 10.0. The third kappa shape index (κ3) is 76.1. The Morgan fingerprint density at radius 3 is 0.851 bits per heavy atom. The number of phosphoric acid groups is 1. The van der Waals surface area contributed by atoms with E-state index in [1.165, 1.54) is 96.3 Å². The van der Waals surface area contributed by atoms with Crippen molar-refractivity contribution in [3.63, 3.8) is 0 Å². The molecule has 9 nitrogen and oxygen atoms in total. The van der Waals surface area contributed by atoms with Crippen LogP contribution in [0.2, 0.25) is 0 Å². The van der Waals surface area contributed by atoms with Crippen LogP contribution >= 0.6 is 7.82 Å². The zero-order chi connectivity index (χ0) is 68.3. The van der Waals surface area contributed by atoms with Gasteiger partial charge in [-0.3, -0.25) is 14.2 Å². The Balaban J connectivity index is 4.11. The van der Waals surface area contributed by atoms with Crippen LogP contribution in [-0.4, -0.2) is 70.0 Å². The second-order valence-electron chi connectivity index (χ2n) is 25.5. The summed E-state index contributed by atoms with van der Waals surface area (Å²) in [6, 6.07) is 0. The van der Waals surface area contributed by atoms with E-state index in [9.17, 15) is 19.0 Å². The molecular weight excluding hydrogens is 1180 g/mol. The van der Waals surface area contributed by atoms with Crippen molar-refractivity contribution >= 4 is 19.8 Å². The highest BCUT2D eigenvalue weighted by Gasteiger charge is 2.22. The predicted octanol–water partition coefficient (Wildman–Crippen LogP) is 24.4. The minimum absolute atomic E-state index is 0.0423. The van der Waals surface area contributed by atoms with Gasteiger partial charge >= 0.3 is 11.9 Å². The van der Waals surface area contributed by atoms with E-state index in [-0.39, 0.29) is 26.1 Å². The minimum atomic E-state index is -4.66. The molecule has 0 aliphatic heterocycles. The lowest BCUT2D eigenvalue weighted by molar-refractivity contribution is -0.870. The first-order chi connectivity index (χ1) is 46.0. The van der Waals surface area contributed by atoms with E-state index >= 15 is 0 Å². The first kappa shape index (κ1) is 89.1. The third-order valence-electron chi connectivity index (χ3n) is 15.4. The smallest absolute Gasteiger partial charge is 0.306 e. The van der Waals surface area contributed by atoms with Gasteiger partial charge in [0.15, 0.2) is 6.10 Å². The summed E-state index contributed by atoms with van der Waals surface area (Å²) in [5, 5.41) is 0. The van der Waals surface area contributed by atoms with Gasteiger partial charge in [-0.1, -0.05) is 318 Å². The Labute approximate surface area is 578 Å². The van der Waals surface area contributed by atoms with Crippen molar-refractivity contribution in [3.8, 4) is 0 Å². The molecule has 94 heavy (non-hydrogen) atoms. The SMILES string of the molecule is CC/C=C\C/C=C\C/C=C\C/C=C\C/C=C\C/C=C\C/C=C\C/C=C\C/C=C\C/C=C\CCCCCCCCC(=O)OC(COC(=O)CCCCCCCCCCCCCCCCCCC/C=C\C/C=C\C/C=C\C/C=C\C/C=C\CC)COP(=O)([O-])OCC[N+](C)(C)C. The first-order valence-electron chi connectivity index (χ1n) is 37.5. The van der Waals surface area contributed by atoms with Gasteiger partial charge in [0.05, 0.1) is 27.7 Å². The number of quaternary nitrogens is 1. The summed E-state index contributed by atoms with van der Waals surface area (Å²) in [5.41, 5.74) is 0. The van der Waals surface area contributed by atoms with Crippen LogP contribution in [0, 0.1) is 0 Å². The van der Waals surface area contributed by atoms with Crippen molar-refractivity contribution in [3.05, 3.63) is 182 Å². The Morgan fingerprint density at radius 1 is 0.330 bits per heavy atom. The Kier molecular flexibility index (Phi) is 68.6. The van der Waals surface area contributed by atoms with Gasteiger partial charge in [-0.25, -0.2) is 0 Å². The highest BCUT2D eigenvalue weighted by molar-refractivity contribution is 7.45. The quantitative estimate of drug-likeness (QED) is 0.0195. The molecule has 0 fully saturated rings. The van der Waals surface area contributed by atoms with Crippen LogP contribution in [0.15, 0.2) is 182 Å². The number of ether oxygens (including phenoxy) is 2. The van der Waals surface area contributed by atoms with Crippen molar-refractivity contribution < 1.29 is 42.1 Å². The molecule has 0 N–H and O–H groups in total. The maximum absolute atomic E-state index is 12.9. The number of likely N-dealkylation sites (N-methyl/N-ethyl adjacent to an activating group) is 1. The monoisotopic (exact) mass is 1320 g/mol. The van der Waals surface area contributed by atoms with Gasteiger partial charge in [-0.05, 0) is 135 Å². The molecule has 0 saturated heterocycles. The maximum Gasteiger partial charge on any atom is 0.306 e. The van der Waals surface area contributed by atoms with Gasteiger partial charge in [-0.15, -0.1) is 0 Å². The molecule has 0 aliphatic carbocycles. The molecule has 0 spiro atoms. The van der Waals surface area contributed by atoms with Crippen molar-refractivity contribution in [2.24, 2.45) is 0 Å². The highest BCUT2D eigenvalue weighted by Crippen LogP contribution is 2.38. The molecule has 0 aromatic heterocycles. The van der Waals surface area contributed by atoms with Gasteiger partial charge in [0.25, 0.3) is 7.82 Å². The summed E-state index contributed by atoms with van der Waals surface area (Å²) in [4.78, 5) is 38.1. The van der Waals surface area contributed by atoms with Crippen LogP contribution in [-0.2, 0) is 32.7 Å². The van der Waals surface area contributed by atoms with Gasteiger partial charge in [0, 0.05) is 12.8 Å². The summed E-state index contributed by atoms with van der Waals surface area (Å²) >= 11 is 0. The third-order valence-corrected chi connectivity index (χ3v) is 16.4. The van der Waals surface area contributed by atoms with Crippen LogP contribution < -0.4 is 4.89 Å². The number of allylic oxidation sites excluding steroid dienone is 30. The average molecular weight is 1320 g/mol. The molecule has 0 aromatic carbocycles. The van der Waals surface area contributed by atoms with Crippen LogP contribution in [0.4, 0.5) is 0 Å². The molecule has 0 aliphatic rings. The molecule has 0 rings (SSSR count). The van der Waals surface area contributed by atoms with Gasteiger partial charge in [0.2, 0.25) is 0 Å². The topological polar surface area (TPSA) is 111 Å². The normalized spacial score (nSPS) is 14.1. The number of phosphoric ester groups is 1. The van der Waals surface area contributed by atoms with E-state index in [1.54, 1.807) is 0 Å². The van der Waals surface area contributed by atoms with Crippen molar-refractivity contribution in [2.45, 2.75) is 290 Å². The van der Waals surface area contributed by atoms with Crippen LogP contribution in [0.1, 0.15) is 284 Å². The van der Waals surface area contributed by atoms with E-state index in [4.69, 9.17) is 18.5 Å². The van der Waals surface area contributed by atoms with E-state index in [2.05, 4.69) is 196 Å². The molecule has 532 valence electrons. The lowest BCUT2D eigenvalue weighted by Crippen LogP contribution is -2.37. The number of nitrogens with zero attached hydrogens (tertiary/aromatic N) is 1. The summed E-state index contributed by atoms with van der Waals surface area (Å²) < 4.78 is 34.3. The Bertz CT molecular complexity index is 2240. The number of carbonyl (C=O) groups excluding carboxylic acids is 2. The predicted molar refractivity (Wildman–Crippen MR) is 406 cm³/mol. The second-order valence-corrected chi connectivity index (χ2v) is 27.0. The first-order valence-corrected chi connectivity index (χ1v) is 39.0. The second kappa shape index (κ2) is 72.4. The fourth-order valence-electron chi connectivity index (χ4n) is 9.77. The number of hydrogen-bond donors (Lipinski definition) is 0. The van der Waals surface area contributed by atoms with Gasteiger partial charge in [-0.2, -0.15) is 0 Å². The number of rotatable bonds is 67. The summed E-state index contributed by atoms with van der Waals surface area (Å²) in [6.07, 6.45) is 111. The van der Waals surface area contributed by atoms with Crippen molar-refractivity contribution in [1.82, 2.24) is 0 Å². The van der Waals surface area contributed by atoms with Gasteiger partial charge < -0.3 is 27.9 Å². The van der Waals surface area contributed by atoms with Crippen LogP contribution in [0.3, 0.4) is 0 Å². The number of carbonyl (C=O) groups is 2. The lowest BCUT2D eigenvalue weighted by Gasteiger charge is -2.28. The number of esters is 2. The Hall–Kier alpha value is -4.89. The average Bonchev–Trinajstić information content (AvgIpc) is 1.56. The fraction of sp³-hybridized carbons (Fsp3) is 0.619. The molecule has 0 saturated carbocycles. The van der Waals surface area contributed by atoms with E-state index < -0.39 is 32.5 Å². The summed E-state index contributed by atoms with van der Waals surface area (Å²) in [6.45, 7) is 3.99. The summed E-state index contributed by atoms with van der Waals surface area (Å²) in [5.74, 6) is -0.855. The molecule has 0 aromatic rings. The minimum Gasteiger partial charge on any atom is -0.756 e. The van der Waals surface area contributed by atoms with E-state index in [0.29, 0.717) is 17.4 Å². The number of hydrogen-bond acceptors (Lipinski definition) is 8. The van der Waals surface area contributed by atoms with Crippen molar-refractivity contribution in [2.75, 3.05) is 47.5 Å². The zero-order valence-electron chi connectivity index (χ0n) is 60.6. The molecule has 0 bridgehead atoms. The fourth-order valence-corrected chi connectivity index (χ4v) is 10.5. The molecular formula is C84H138NO8P. The van der Waals surface area contributed by atoms with Gasteiger partial charge in [0.1, 0.15) is 19.8 Å². The maximum atomic E-state index is 12.9. The highest BCUT2D eigenvalue weighted by atomic mass is 31.2. The molecule has 0 amide bonds.